The Morgan fingerprint density at radius 3 is 2.90 bits per heavy atom. The molecule has 31 heavy (non-hydrogen) atoms. The number of anilines is 1. The molecular weight excluding hydrogens is 388 g/mol. The molecule has 1 saturated heterocycles. The molecule has 0 bridgehead atoms. The SMILES string of the molecule is COc1cccc(N2CC[NH+](CC(=O)N3CCc4[nH]c5ccccc5c4C3)C[C@H]2C)c1. The van der Waals surface area contributed by atoms with Crippen LogP contribution in [0.5, 0.6) is 5.75 Å². The molecule has 1 amide bonds. The van der Waals surface area contributed by atoms with Crippen molar-refractivity contribution in [2.24, 2.45) is 0 Å². The maximum atomic E-state index is 13.1. The van der Waals surface area contributed by atoms with Crippen LogP contribution in [0.4, 0.5) is 5.69 Å². The van der Waals surface area contributed by atoms with Crippen LogP contribution >= 0.6 is 0 Å². The molecule has 1 aromatic heterocycles. The second kappa shape index (κ2) is 8.27. The maximum absolute atomic E-state index is 13.1. The van der Waals surface area contributed by atoms with Crippen molar-refractivity contribution >= 4 is 22.5 Å². The monoisotopic (exact) mass is 419 g/mol. The molecule has 1 unspecified atom stereocenters. The Labute approximate surface area is 183 Å². The highest BCUT2D eigenvalue weighted by Gasteiger charge is 2.31. The van der Waals surface area contributed by atoms with Crippen molar-refractivity contribution in [2.45, 2.75) is 25.9 Å². The number of aromatic amines is 1. The number of aromatic nitrogens is 1. The van der Waals surface area contributed by atoms with Crippen LogP contribution in [0, 0.1) is 0 Å². The zero-order chi connectivity index (χ0) is 21.4. The van der Waals surface area contributed by atoms with Gasteiger partial charge in [-0.05, 0) is 25.1 Å². The number of methoxy groups -OCH3 is 1. The fourth-order valence-corrected chi connectivity index (χ4v) is 5.17. The summed E-state index contributed by atoms with van der Waals surface area (Å²) in [5.41, 5.74) is 4.95. The van der Waals surface area contributed by atoms with Gasteiger partial charge in [0.05, 0.1) is 32.8 Å². The molecule has 2 aromatic carbocycles. The van der Waals surface area contributed by atoms with Crippen LogP contribution in [0.15, 0.2) is 48.5 Å². The van der Waals surface area contributed by atoms with Gasteiger partial charge in [-0.1, -0.05) is 24.3 Å². The molecule has 2 N–H and O–H groups in total. The van der Waals surface area contributed by atoms with Gasteiger partial charge in [-0.3, -0.25) is 4.79 Å². The highest BCUT2D eigenvalue weighted by atomic mass is 16.5. The van der Waals surface area contributed by atoms with Crippen LogP contribution < -0.4 is 14.5 Å². The maximum Gasteiger partial charge on any atom is 0.278 e. The van der Waals surface area contributed by atoms with Gasteiger partial charge in [0.25, 0.3) is 5.91 Å². The normalized spacial score (nSPS) is 21.2. The lowest BCUT2D eigenvalue weighted by molar-refractivity contribution is -0.895. The lowest BCUT2D eigenvalue weighted by Crippen LogP contribution is -3.16. The first-order chi connectivity index (χ1) is 15.1. The van der Waals surface area contributed by atoms with E-state index in [2.05, 4.69) is 58.1 Å². The average molecular weight is 420 g/mol. The van der Waals surface area contributed by atoms with E-state index in [9.17, 15) is 4.79 Å². The van der Waals surface area contributed by atoms with Gasteiger partial charge in [0.1, 0.15) is 5.75 Å². The molecule has 0 radical (unpaired) electrons. The molecule has 5 rings (SSSR count). The van der Waals surface area contributed by atoms with Crippen molar-refractivity contribution in [3.05, 3.63) is 59.8 Å². The summed E-state index contributed by atoms with van der Waals surface area (Å²) in [4.78, 5) is 22.5. The Bertz CT molecular complexity index is 1090. The number of hydrogen-bond acceptors (Lipinski definition) is 3. The summed E-state index contributed by atoms with van der Waals surface area (Å²) in [6.07, 6.45) is 0.908. The van der Waals surface area contributed by atoms with Gasteiger partial charge >= 0.3 is 0 Å². The molecule has 2 aliphatic rings. The summed E-state index contributed by atoms with van der Waals surface area (Å²) in [5.74, 6) is 1.16. The first-order valence-corrected chi connectivity index (χ1v) is 11.2. The second-order valence-electron chi connectivity index (χ2n) is 8.82. The summed E-state index contributed by atoms with van der Waals surface area (Å²) in [6.45, 7) is 7.24. The van der Waals surface area contributed by atoms with Crippen molar-refractivity contribution in [1.82, 2.24) is 9.88 Å². The smallest absolute Gasteiger partial charge is 0.278 e. The van der Waals surface area contributed by atoms with Crippen molar-refractivity contribution in [2.75, 3.05) is 44.7 Å². The average Bonchev–Trinajstić information content (AvgIpc) is 3.17. The number of carbonyl (C=O) groups excluding carboxylic acids is 1. The van der Waals surface area contributed by atoms with Gasteiger partial charge in [0, 0.05) is 53.4 Å². The van der Waals surface area contributed by atoms with Gasteiger partial charge in [-0.15, -0.1) is 0 Å². The van der Waals surface area contributed by atoms with E-state index in [0.717, 1.165) is 44.9 Å². The second-order valence-corrected chi connectivity index (χ2v) is 8.82. The first kappa shape index (κ1) is 19.9. The number of quaternary nitrogens is 1. The molecule has 3 heterocycles. The third-order valence-electron chi connectivity index (χ3n) is 6.84. The van der Waals surface area contributed by atoms with E-state index in [0.29, 0.717) is 12.6 Å². The Hall–Kier alpha value is -2.99. The van der Waals surface area contributed by atoms with Crippen LogP contribution in [0.25, 0.3) is 10.9 Å². The lowest BCUT2D eigenvalue weighted by Gasteiger charge is -2.39. The van der Waals surface area contributed by atoms with E-state index in [1.165, 1.54) is 32.7 Å². The molecule has 3 aromatic rings. The van der Waals surface area contributed by atoms with Crippen LogP contribution in [-0.2, 0) is 17.8 Å². The van der Waals surface area contributed by atoms with Crippen LogP contribution in [-0.4, -0.2) is 61.7 Å². The number of benzene rings is 2. The summed E-state index contributed by atoms with van der Waals surface area (Å²) in [6, 6.07) is 17.0. The molecule has 0 saturated carbocycles. The number of fused-ring (bicyclic) bond motifs is 3. The zero-order valence-electron chi connectivity index (χ0n) is 18.4. The number of amides is 1. The van der Waals surface area contributed by atoms with Crippen molar-refractivity contribution in [1.29, 1.82) is 0 Å². The van der Waals surface area contributed by atoms with Gasteiger partial charge in [0.2, 0.25) is 0 Å². The highest BCUT2D eigenvalue weighted by Crippen LogP contribution is 2.27. The molecule has 2 atom stereocenters. The highest BCUT2D eigenvalue weighted by molar-refractivity contribution is 5.86. The summed E-state index contributed by atoms with van der Waals surface area (Å²) < 4.78 is 5.38. The predicted octanol–water partition coefficient (Wildman–Crippen LogP) is 1.85. The van der Waals surface area contributed by atoms with Crippen LogP contribution in [0.1, 0.15) is 18.2 Å². The number of carbonyl (C=O) groups is 1. The Morgan fingerprint density at radius 2 is 2.06 bits per heavy atom. The third-order valence-corrected chi connectivity index (χ3v) is 6.84. The summed E-state index contributed by atoms with van der Waals surface area (Å²) in [5, 5.41) is 1.25. The largest absolute Gasteiger partial charge is 0.497 e. The van der Waals surface area contributed by atoms with E-state index in [1.54, 1.807) is 7.11 Å². The standard InChI is InChI=1S/C25H30N4O2/c1-18-15-27(12-13-29(18)19-6-5-7-20(14-19)31-2)17-25(30)28-11-10-24-22(16-28)21-8-3-4-9-23(21)26-24/h3-9,14,18,26H,10-13,15-17H2,1-2H3/p+1/t18-/m1/s1. The lowest BCUT2D eigenvalue weighted by atomic mass is 10.0. The Kier molecular flexibility index (Phi) is 5.32. The molecule has 162 valence electrons. The molecule has 0 spiro atoms. The van der Waals surface area contributed by atoms with Crippen molar-refractivity contribution in [3.8, 4) is 5.75 Å². The third kappa shape index (κ3) is 3.88. The van der Waals surface area contributed by atoms with Gasteiger partial charge in [-0.25, -0.2) is 0 Å². The summed E-state index contributed by atoms with van der Waals surface area (Å²) >= 11 is 0. The van der Waals surface area contributed by atoms with Crippen molar-refractivity contribution < 1.29 is 14.4 Å². The van der Waals surface area contributed by atoms with E-state index >= 15 is 0 Å². The summed E-state index contributed by atoms with van der Waals surface area (Å²) in [7, 11) is 1.70. The number of nitrogens with zero attached hydrogens (tertiary/aromatic N) is 2. The minimum absolute atomic E-state index is 0.271. The van der Waals surface area contributed by atoms with E-state index in [4.69, 9.17) is 4.74 Å². The number of rotatable bonds is 4. The minimum Gasteiger partial charge on any atom is -0.497 e. The van der Waals surface area contributed by atoms with E-state index in [1.807, 2.05) is 12.1 Å². The van der Waals surface area contributed by atoms with Gasteiger partial charge in [0.15, 0.2) is 6.54 Å². The van der Waals surface area contributed by atoms with E-state index < -0.39 is 0 Å². The van der Waals surface area contributed by atoms with Crippen LogP contribution in [0.3, 0.4) is 0 Å². The number of hydrogen-bond donors (Lipinski definition) is 2. The molecule has 0 aliphatic carbocycles. The molecule has 6 heteroatoms. The fraction of sp³-hybridized carbons (Fsp3) is 0.400. The molecule has 2 aliphatic heterocycles. The van der Waals surface area contributed by atoms with Crippen LogP contribution in [0.2, 0.25) is 0 Å². The topological polar surface area (TPSA) is 53.0 Å². The zero-order valence-corrected chi connectivity index (χ0v) is 18.4. The predicted molar refractivity (Wildman–Crippen MR) is 123 cm³/mol. The van der Waals surface area contributed by atoms with E-state index in [-0.39, 0.29) is 5.91 Å². The number of piperazine rings is 1. The number of ether oxygens (including phenoxy) is 1. The Balaban J connectivity index is 1.22. The quantitative estimate of drug-likeness (QED) is 0.679. The molecule has 6 nitrogen and oxygen atoms in total. The van der Waals surface area contributed by atoms with Gasteiger partial charge < -0.3 is 24.4 Å². The fourth-order valence-electron chi connectivity index (χ4n) is 5.17. The Morgan fingerprint density at radius 1 is 1.19 bits per heavy atom. The minimum atomic E-state index is 0.271. The van der Waals surface area contributed by atoms with Gasteiger partial charge in [-0.2, -0.15) is 0 Å². The van der Waals surface area contributed by atoms with Crippen molar-refractivity contribution in [3.63, 3.8) is 0 Å². The number of nitrogens with one attached hydrogen (secondary N) is 2. The first-order valence-electron chi connectivity index (χ1n) is 11.2. The number of H-pyrrole nitrogens is 1. The number of para-hydroxylation sites is 1. The molecular formula is C25H31N4O2+. The molecule has 1 fully saturated rings.